The molecule has 0 aliphatic rings. The van der Waals surface area contributed by atoms with E-state index in [2.05, 4.69) is 18.7 Å². The van der Waals surface area contributed by atoms with Gasteiger partial charge in [-0.1, -0.05) is 43.6 Å². The Morgan fingerprint density at radius 1 is 1.27 bits per heavy atom. The minimum absolute atomic E-state index is 0.501. The van der Waals surface area contributed by atoms with E-state index in [1.807, 2.05) is 24.3 Å². The van der Waals surface area contributed by atoms with Crippen LogP contribution in [0.25, 0.3) is 0 Å². The fourth-order valence-electron chi connectivity index (χ4n) is 1.57. The molecule has 1 atom stereocenters. The molecule has 0 radical (unpaired) electrons. The van der Waals surface area contributed by atoms with Crippen molar-refractivity contribution in [2.24, 2.45) is 0 Å². The van der Waals surface area contributed by atoms with E-state index in [4.69, 9.17) is 11.6 Å². The van der Waals surface area contributed by atoms with Gasteiger partial charge in [0.25, 0.3) is 0 Å². The molecule has 0 saturated heterocycles. The van der Waals surface area contributed by atoms with Crippen molar-refractivity contribution in [2.45, 2.75) is 20.0 Å². The average molecular weight is 228 g/mol. The molecule has 0 bridgehead atoms. The summed E-state index contributed by atoms with van der Waals surface area (Å²) in [4.78, 5) is 2.17. The third kappa shape index (κ3) is 3.49. The second kappa shape index (κ2) is 6.11. The minimum atomic E-state index is -0.501. The lowest BCUT2D eigenvalue weighted by atomic mass is 10.1. The molecule has 0 heterocycles. The van der Waals surface area contributed by atoms with E-state index in [0.717, 1.165) is 18.7 Å². The van der Waals surface area contributed by atoms with Gasteiger partial charge in [-0.15, -0.1) is 0 Å². The van der Waals surface area contributed by atoms with Gasteiger partial charge in [-0.2, -0.15) is 0 Å². The Morgan fingerprint density at radius 3 is 2.40 bits per heavy atom. The maximum atomic E-state index is 10.0. The summed E-state index contributed by atoms with van der Waals surface area (Å²) >= 11 is 6.01. The molecule has 1 aromatic carbocycles. The van der Waals surface area contributed by atoms with Crippen LogP contribution in [0, 0.1) is 0 Å². The first-order valence-corrected chi connectivity index (χ1v) is 5.71. The number of nitrogens with zero attached hydrogens (tertiary/aromatic N) is 1. The molecule has 2 nitrogen and oxygen atoms in total. The molecule has 0 fully saturated rings. The summed E-state index contributed by atoms with van der Waals surface area (Å²) in [6.45, 7) is 6.69. The summed E-state index contributed by atoms with van der Waals surface area (Å²) in [5.41, 5.74) is 0.811. The maximum Gasteiger partial charge on any atom is 0.0931 e. The largest absolute Gasteiger partial charge is 0.387 e. The first-order chi connectivity index (χ1) is 7.19. The van der Waals surface area contributed by atoms with E-state index in [9.17, 15) is 5.11 Å². The van der Waals surface area contributed by atoms with E-state index < -0.39 is 6.10 Å². The second-order valence-electron chi connectivity index (χ2n) is 3.52. The Bertz CT molecular complexity index is 299. The monoisotopic (exact) mass is 227 g/mol. The van der Waals surface area contributed by atoms with Crippen LogP contribution < -0.4 is 0 Å². The number of aliphatic hydroxyl groups is 1. The van der Waals surface area contributed by atoms with E-state index in [-0.39, 0.29) is 0 Å². The molecule has 15 heavy (non-hydrogen) atoms. The fourth-order valence-corrected chi connectivity index (χ4v) is 1.83. The highest BCUT2D eigenvalue weighted by Gasteiger charge is 2.13. The molecular weight excluding hydrogens is 210 g/mol. The quantitative estimate of drug-likeness (QED) is 0.836. The number of hydrogen-bond donors (Lipinski definition) is 1. The zero-order chi connectivity index (χ0) is 11.3. The van der Waals surface area contributed by atoms with Gasteiger partial charge in [0, 0.05) is 17.1 Å². The molecule has 1 unspecified atom stereocenters. The molecule has 0 saturated carbocycles. The maximum absolute atomic E-state index is 10.0. The molecule has 1 N–H and O–H groups in total. The summed E-state index contributed by atoms with van der Waals surface area (Å²) in [6.07, 6.45) is -0.501. The summed E-state index contributed by atoms with van der Waals surface area (Å²) in [5, 5.41) is 10.6. The standard InChI is InChI=1S/C12H18ClNO/c1-3-14(4-2)9-12(15)10-7-5-6-8-11(10)13/h5-8,12,15H,3-4,9H2,1-2H3. The van der Waals surface area contributed by atoms with Crippen molar-refractivity contribution in [3.8, 4) is 0 Å². The molecule has 1 rings (SSSR count). The Hall–Kier alpha value is -0.570. The zero-order valence-corrected chi connectivity index (χ0v) is 10.0. The summed E-state index contributed by atoms with van der Waals surface area (Å²) < 4.78 is 0. The van der Waals surface area contributed by atoms with Crippen LogP contribution in [0.4, 0.5) is 0 Å². The smallest absolute Gasteiger partial charge is 0.0931 e. The van der Waals surface area contributed by atoms with Gasteiger partial charge in [-0.3, -0.25) is 0 Å². The molecular formula is C12H18ClNO. The molecule has 0 aliphatic heterocycles. The van der Waals surface area contributed by atoms with Crippen LogP contribution in [0.1, 0.15) is 25.5 Å². The third-order valence-electron chi connectivity index (χ3n) is 2.59. The van der Waals surface area contributed by atoms with E-state index in [1.165, 1.54) is 0 Å². The molecule has 0 amide bonds. The zero-order valence-electron chi connectivity index (χ0n) is 9.28. The number of aliphatic hydroxyl groups excluding tert-OH is 1. The fraction of sp³-hybridized carbons (Fsp3) is 0.500. The summed E-state index contributed by atoms with van der Waals surface area (Å²) in [5.74, 6) is 0. The lowest BCUT2D eigenvalue weighted by Crippen LogP contribution is -2.28. The van der Waals surface area contributed by atoms with Crippen molar-refractivity contribution in [3.63, 3.8) is 0 Å². The van der Waals surface area contributed by atoms with Gasteiger partial charge in [0.2, 0.25) is 0 Å². The van der Waals surface area contributed by atoms with Crippen LogP contribution in [-0.4, -0.2) is 29.6 Å². The number of likely N-dealkylation sites (N-methyl/N-ethyl adjacent to an activating group) is 1. The van der Waals surface area contributed by atoms with Crippen LogP contribution in [0.5, 0.6) is 0 Å². The SMILES string of the molecule is CCN(CC)CC(O)c1ccccc1Cl. The van der Waals surface area contributed by atoms with Gasteiger partial charge in [-0.05, 0) is 19.2 Å². The Kier molecular flexibility index (Phi) is 5.09. The lowest BCUT2D eigenvalue weighted by molar-refractivity contribution is 0.119. The van der Waals surface area contributed by atoms with E-state index in [0.29, 0.717) is 11.6 Å². The van der Waals surface area contributed by atoms with Crippen LogP contribution in [0.3, 0.4) is 0 Å². The predicted molar refractivity (Wildman–Crippen MR) is 64.2 cm³/mol. The van der Waals surface area contributed by atoms with Crippen LogP contribution in [0.15, 0.2) is 24.3 Å². The highest BCUT2D eigenvalue weighted by Crippen LogP contribution is 2.22. The Balaban J connectivity index is 2.68. The van der Waals surface area contributed by atoms with Crippen molar-refractivity contribution < 1.29 is 5.11 Å². The van der Waals surface area contributed by atoms with Gasteiger partial charge < -0.3 is 10.0 Å². The first kappa shape index (κ1) is 12.5. The predicted octanol–water partition coefficient (Wildman–Crippen LogP) is 2.72. The van der Waals surface area contributed by atoms with Gasteiger partial charge in [0.1, 0.15) is 0 Å². The van der Waals surface area contributed by atoms with Gasteiger partial charge in [-0.25, -0.2) is 0 Å². The number of benzene rings is 1. The van der Waals surface area contributed by atoms with Crippen molar-refractivity contribution in [2.75, 3.05) is 19.6 Å². The Morgan fingerprint density at radius 2 is 1.87 bits per heavy atom. The second-order valence-corrected chi connectivity index (χ2v) is 3.93. The first-order valence-electron chi connectivity index (χ1n) is 5.33. The van der Waals surface area contributed by atoms with Crippen molar-refractivity contribution in [1.82, 2.24) is 4.90 Å². The van der Waals surface area contributed by atoms with Crippen LogP contribution in [0.2, 0.25) is 5.02 Å². The van der Waals surface area contributed by atoms with Gasteiger partial charge in [0.05, 0.1) is 6.10 Å². The normalized spacial score (nSPS) is 13.1. The van der Waals surface area contributed by atoms with Crippen molar-refractivity contribution in [1.29, 1.82) is 0 Å². The molecule has 1 aromatic rings. The number of hydrogen-bond acceptors (Lipinski definition) is 2. The number of rotatable bonds is 5. The van der Waals surface area contributed by atoms with Gasteiger partial charge in [0.15, 0.2) is 0 Å². The molecule has 0 aromatic heterocycles. The van der Waals surface area contributed by atoms with Crippen LogP contribution in [-0.2, 0) is 0 Å². The molecule has 3 heteroatoms. The van der Waals surface area contributed by atoms with Crippen LogP contribution >= 0.6 is 11.6 Å². The molecule has 0 spiro atoms. The van der Waals surface area contributed by atoms with E-state index in [1.54, 1.807) is 0 Å². The minimum Gasteiger partial charge on any atom is -0.387 e. The van der Waals surface area contributed by atoms with E-state index >= 15 is 0 Å². The highest BCUT2D eigenvalue weighted by atomic mass is 35.5. The molecule has 0 aliphatic carbocycles. The average Bonchev–Trinajstić information content (AvgIpc) is 2.26. The van der Waals surface area contributed by atoms with Crippen molar-refractivity contribution in [3.05, 3.63) is 34.9 Å². The third-order valence-corrected chi connectivity index (χ3v) is 2.93. The lowest BCUT2D eigenvalue weighted by Gasteiger charge is -2.22. The highest BCUT2D eigenvalue weighted by molar-refractivity contribution is 6.31. The Labute approximate surface area is 96.5 Å². The molecule has 84 valence electrons. The number of halogens is 1. The van der Waals surface area contributed by atoms with Crippen molar-refractivity contribution >= 4 is 11.6 Å². The van der Waals surface area contributed by atoms with Gasteiger partial charge >= 0.3 is 0 Å². The summed E-state index contributed by atoms with van der Waals surface area (Å²) in [6, 6.07) is 7.45. The summed E-state index contributed by atoms with van der Waals surface area (Å²) in [7, 11) is 0. The topological polar surface area (TPSA) is 23.5 Å².